The highest BCUT2D eigenvalue weighted by atomic mass is 32.2. The average Bonchev–Trinajstić information content (AvgIpc) is 2.88. The minimum Gasteiger partial charge on any atom is -0.480 e. The Labute approximate surface area is 132 Å². The Balaban J connectivity index is 2.32. The van der Waals surface area contributed by atoms with Gasteiger partial charge < -0.3 is 9.52 Å². The normalized spacial score (nSPS) is 18.9. The molecule has 1 saturated heterocycles. The molecule has 1 N–H and O–H groups in total. The lowest BCUT2D eigenvalue weighted by Gasteiger charge is -2.26. The zero-order chi connectivity index (χ0) is 15.7. The number of carbonyl (C=O) groups is 2. The molecule has 1 amide bonds. The number of hydrogen-bond donors (Lipinski definition) is 1. The number of furan rings is 1. The summed E-state index contributed by atoms with van der Waals surface area (Å²) in [6.45, 7) is 5.30. The molecule has 112 valence electrons. The molecule has 1 atom stereocenters. The maximum Gasteiger partial charge on any atom is 0.327 e. The third-order valence-electron chi connectivity index (χ3n) is 3.02. The largest absolute Gasteiger partial charge is 0.480 e. The molecule has 7 heteroatoms. The van der Waals surface area contributed by atoms with Gasteiger partial charge in [0.15, 0.2) is 0 Å². The predicted molar refractivity (Wildman–Crippen MR) is 84.7 cm³/mol. The van der Waals surface area contributed by atoms with Crippen LogP contribution in [0.4, 0.5) is 0 Å². The quantitative estimate of drug-likeness (QED) is 0.678. The Kier molecular flexibility index (Phi) is 4.53. The molecule has 1 aromatic heterocycles. The summed E-state index contributed by atoms with van der Waals surface area (Å²) in [7, 11) is 0. The molecule has 0 aliphatic carbocycles. The SMILES string of the molecule is Cc1ccc(/C=C2/SC(=S)N([C@H](C(=O)O)C(C)C)C2=O)o1. The summed E-state index contributed by atoms with van der Waals surface area (Å²) < 4.78 is 5.66. The van der Waals surface area contributed by atoms with E-state index in [0.717, 1.165) is 17.5 Å². The van der Waals surface area contributed by atoms with Crippen molar-refractivity contribution in [2.75, 3.05) is 0 Å². The molecule has 2 heterocycles. The molecule has 0 radical (unpaired) electrons. The second-order valence-electron chi connectivity index (χ2n) is 5.03. The van der Waals surface area contributed by atoms with Crippen LogP contribution in [0.5, 0.6) is 0 Å². The Morgan fingerprint density at radius 1 is 1.48 bits per heavy atom. The van der Waals surface area contributed by atoms with Crippen LogP contribution in [0.3, 0.4) is 0 Å². The van der Waals surface area contributed by atoms with Crippen LogP contribution in [-0.4, -0.2) is 32.2 Å². The Morgan fingerprint density at radius 2 is 2.14 bits per heavy atom. The van der Waals surface area contributed by atoms with Gasteiger partial charge in [0.25, 0.3) is 5.91 Å². The van der Waals surface area contributed by atoms with Crippen LogP contribution in [0.2, 0.25) is 0 Å². The Morgan fingerprint density at radius 3 is 2.62 bits per heavy atom. The molecule has 1 aliphatic heterocycles. The van der Waals surface area contributed by atoms with Gasteiger partial charge in [0.1, 0.15) is 21.9 Å². The van der Waals surface area contributed by atoms with Crippen molar-refractivity contribution in [3.8, 4) is 0 Å². The van der Waals surface area contributed by atoms with Crippen LogP contribution in [0.1, 0.15) is 25.4 Å². The number of carboxylic acids is 1. The summed E-state index contributed by atoms with van der Waals surface area (Å²) in [5.74, 6) is -0.404. The van der Waals surface area contributed by atoms with Crippen LogP contribution in [0.15, 0.2) is 21.5 Å². The summed E-state index contributed by atoms with van der Waals surface area (Å²) >= 11 is 6.26. The molecule has 1 aliphatic rings. The molecule has 1 fully saturated rings. The van der Waals surface area contributed by atoms with Gasteiger partial charge in [-0.1, -0.05) is 37.8 Å². The van der Waals surface area contributed by atoms with E-state index in [0.29, 0.717) is 10.7 Å². The first kappa shape index (κ1) is 15.8. The average molecular weight is 325 g/mol. The fourth-order valence-corrected chi connectivity index (χ4v) is 3.38. The van der Waals surface area contributed by atoms with Gasteiger partial charge in [-0.15, -0.1) is 0 Å². The highest BCUT2D eigenvalue weighted by molar-refractivity contribution is 8.26. The van der Waals surface area contributed by atoms with E-state index in [1.165, 1.54) is 4.90 Å². The standard InChI is InChI=1S/C14H15NO4S2/c1-7(2)11(13(17)18)15-12(16)10(21-14(15)20)6-9-5-4-8(3)19-9/h4-7,11H,1-3H3,(H,17,18)/b10-6+/t11-/m0/s1. The summed E-state index contributed by atoms with van der Waals surface area (Å²) in [4.78, 5) is 25.4. The first-order chi connectivity index (χ1) is 9.81. The van der Waals surface area contributed by atoms with Crippen LogP contribution in [0.25, 0.3) is 6.08 Å². The van der Waals surface area contributed by atoms with Crippen molar-refractivity contribution in [1.82, 2.24) is 4.90 Å². The zero-order valence-electron chi connectivity index (χ0n) is 11.8. The predicted octanol–water partition coefficient (Wildman–Crippen LogP) is 2.90. The van der Waals surface area contributed by atoms with E-state index in [9.17, 15) is 14.7 Å². The number of nitrogens with zero attached hydrogens (tertiary/aromatic N) is 1. The van der Waals surface area contributed by atoms with Gasteiger partial charge in [-0.05, 0) is 25.0 Å². The number of aliphatic carboxylic acids is 1. The van der Waals surface area contributed by atoms with Gasteiger partial charge in [0.05, 0.1) is 4.91 Å². The number of thioether (sulfide) groups is 1. The fraction of sp³-hybridized carbons (Fsp3) is 0.357. The van der Waals surface area contributed by atoms with Crippen molar-refractivity contribution in [2.24, 2.45) is 5.92 Å². The van der Waals surface area contributed by atoms with Gasteiger partial charge in [0.2, 0.25) is 0 Å². The molecule has 5 nitrogen and oxygen atoms in total. The third kappa shape index (κ3) is 3.19. The minimum atomic E-state index is -1.06. The Hall–Kier alpha value is -1.60. The van der Waals surface area contributed by atoms with Crippen molar-refractivity contribution < 1.29 is 19.1 Å². The third-order valence-corrected chi connectivity index (χ3v) is 4.35. The van der Waals surface area contributed by atoms with Crippen molar-refractivity contribution in [2.45, 2.75) is 26.8 Å². The van der Waals surface area contributed by atoms with E-state index in [-0.39, 0.29) is 16.1 Å². The molecular formula is C14H15NO4S2. The lowest BCUT2D eigenvalue weighted by molar-refractivity contribution is -0.146. The molecule has 0 unspecified atom stereocenters. The van der Waals surface area contributed by atoms with E-state index in [4.69, 9.17) is 16.6 Å². The van der Waals surface area contributed by atoms with Gasteiger partial charge in [-0.3, -0.25) is 9.69 Å². The molecule has 2 rings (SSSR count). The second kappa shape index (κ2) is 6.03. The van der Waals surface area contributed by atoms with Crippen LogP contribution in [-0.2, 0) is 9.59 Å². The van der Waals surface area contributed by atoms with Gasteiger partial charge in [-0.2, -0.15) is 0 Å². The van der Waals surface area contributed by atoms with Crippen molar-refractivity contribution >= 4 is 46.3 Å². The molecule has 1 aromatic rings. The first-order valence-corrected chi connectivity index (χ1v) is 7.60. The molecule has 0 saturated carbocycles. The topological polar surface area (TPSA) is 70.8 Å². The molecule has 0 spiro atoms. The lowest BCUT2D eigenvalue weighted by Crippen LogP contribution is -2.47. The fourth-order valence-electron chi connectivity index (χ4n) is 2.07. The zero-order valence-corrected chi connectivity index (χ0v) is 13.5. The maximum absolute atomic E-state index is 12.4. The summed E-state index contributed by atoms with van der Waals surface area (Å²) in [6, 6.07) is 2.58. The number of aryl methyl sites for hydroxylation is 1. The van der Waals surface area contributed by atoms with E-state index < -0.39 is 12.0 Å². The minimum absolute atomic E-state index is 0.241. The number of thiocarbonyl (C=S) groups is 1. The van der Waals surface area contributed by atoms with Gasteiger partial charge in [0, 0.05) is 6.08 Å². The number of carbonyl (C=O) groups excluding carboxylic acids is 1. The maximum atomic E-state index is 12.4. The highest BCUT2D eigenvalue weighted by Crippen LogP contribution is 2.35. The number of carboxylic acid groups (broad SMARTS) is 1. The lowest BCUT2D eigenvalue weighted by atomic mass is 10.0. The van der Waals surface area contributed by atoms with Crippen molar-refractivity contribution in [1.29, 1.82) is 0 Å². The van der Waals surface area contributed by atoms with Gasteiger partial charge in [-0.25, -0.2) is 4.79 Å². The smallest absolute Gasteiger partial charge is 0.327 e. The van der Waals surface area contributed by atoms with E-state index in [2.05, 4.69) is 0 Å². The molecule has 0 aromatic carbocycles. The van der Waals surface area contributed by atoms with E-state index >= 15 is 0 Å². The summed E-state index contributed by atoms with van der Waals surface area (Å²) in [5, 5.41) is 9.32. The molecule has 0 bridgehead atoms. The van der Waals surface area contributed by atoms with Crippen LogP contribution < -0.4 is 0 Å². The second-order valence-corrected chi connectivity index (χ2v) is 6.70. The number of hydrogen-bond acceptors (Lipinski definition) is 5. The van der Waals surface area contributed by atoms with Gasteiger partial charge >= 0.3 is 5.97 Å². The Bertz CT molecular complexity index is 633. The highest BCUT2D eigenvalue weighted by Gasteiger charge is 2.41. The number of amides is 1. The summed E-state index contributed by atoms with van der Waals surface area (Å²) in [5.41, 5.74) is 0. The monoisotopic (exact) mass is 325 g/mol. The summed E-state index contributed by atoms with van der Waals surface area (Å²) in [6.07, 6.45) is 1.59. The van der Waals surface area contributed by atoms with Crippen molar-refractivity contribution in [3.63, 3.8) is 0 Å². The molecular weight excluding hydrogens is 310 g/mol. The van der Waals surface area contributed by atoms with Crippen LogP contribution >= 0.6 is 24.0 Å². The first-order valence-electron chi connectivity index (χ1n) is 6.37. The van der Waals surface area contributed by atoms with Crippen LogP contribution in [0, 0.1) is 12.8 Å². The van der Waals surface area contributed by atoms with E-state index in [1.807, 2.05) is 6.92 Å². The molecule has 21 heavy (non-hydrogen) atoms. The van der Waals surface area contributed by atoms with Crippen molar-refractivity contribution in [3.05, 3.63) is 28.6 Å². The van der Waals surface area contributed by atoms with E-state index in [1.54, 1.807) is 32.1 Å². The number of rotatable bonds is 4.